The number of aliphatic hydroxyl groups excluding tert-OH is 4. The van der Waals surface area contributed by atoms with Crippen LogP contribution in [0.3, 0.4) is 0 Å². The zero-order valence-electron chi connectivity index (χ0n) is 46.3. The number of hydrogen-bond donors (Lipinski definition) is 10. The van der Waals surface area contributed by atoms with Crippen molar-refractivity contribution >= 4 is 51.9 Å². The third kappa shape index (κ3) is 11.4. The summed E-state index contributed by atoms with van der Waals surface area (Å²) in [7, 11) is 3.86. The second-order valence-electron chi connectivity index (χ2n) is 22.3. The minimum Gasteiger partial charge on any atom is -0.388 e. The average Bonchev–Trinajstić information content (AvgIpc) is 3.91. The molecule has 4 saturated carbocycles. The Morgan fingerprint density at radius 3 is 1.32 bits per heavy atom. The van der Waals surface area contributed by atoms with Gasteiger partial charge >= 0.3 is 6.03 Å². The fourth-order valence-corrected chi connectivity index (χ4v) is 12.1. The van der Waals surface area contributed by atoms with Gasteiger partial charge in [0.05, 0.1) is 48.8 Å². The number of tetrazole rings is 2. The van der Waals surface area contributed by atoms with Gasteiger partial charge < -0.3 is 70.6 Å². The van der Waals surface area contributed by atoms with Crippen molar-refractivity contribution < 1.29 is 25.2 Å². The first kappa shape index (κ1) is 54.6. The van der Waals surface area contributed by atoms with E-state index in [4.69, 9.17) is 29.9 Å². The quantitative estimate of drug-likeness (QED) is 0.0511. The molecule has 0 spiro atoms. The highest BCUT2D eigenvalue weighted by Gasteiger charge is 2.47. The monoisotopic (exact) mass is 1130 g/mol. The number of fused-ring (bicyclic) bond motifs is 2. The molecule has 0 saturated heterocycles. The van der Waals surface area contributed by atoms with E-state index in [0.717, 1.165) is 62.8 Å². The molecule has 8 heterocycles. The van der Waals surface area contributed by atoms with E-state index in [1.165, 1.54) is 9.59 Å². The molecule has 31 nitrogen and oxygen atoms in total. The van der Waals surface area contributed by atoms with Crippen molar-refractivity contribution in [3.05, 3.63) is 60.7 Å². The standard InChI is InChI=1S/C51H72N26O5/c1-5-37-66-70-76(68-37)35-19-33(41(78)43(35)80)74-25-56-39-45(62-49(64-47(39)74)52-17-15-31-21-72(3)23-54-31)58-27-7-11-29(12-8-27)60-51(82)61-30-13-9-28(10-14-30)59-46-40-48(65-50(63-46)53-18-16-32-22-73(4)24-55-32)75(26-57-40)34-20-36(44(81)42(34)79)77-69-38(6-2)67-71-77/h21-30,33-36,41-44,78-81H,5-20H2,1-4H3,(H2,60,61,82)(H2,52,58,62,64)(H2,53,59,63,65)/t27?,28?,29?,30?,33-,34-,35+,36+,41+,42+,43-,44-/m1/s1. The molecule has 10 N–H and O–H groups in total. The van der Waals surface area contributed by atoms with Crippen molar-refractivity contribution in [2.24, 2.45) is 14.1 Å². The summed E-state index contributed by atoms with van der Waals surface area (Å²) in [6.07, 6.45) is 15.5. The molecule has 4 fully saturated rings. The van der Waals surface area contributed by atoms with Crippen molar-refractivity contribution in [1.29, 1.82) is 0 Å². The van der Waals surface area contributed by atoms with Gasteiger partial charge in [-0.2, -0.15) is 29.5 Å². The number of urea groups is 1. The molecule has 8 aromatic heterocycles. The smallest absolute Gasteiger partial charge is 0.315 e. The zero-order valence-corrected chi connectivity index (χ0v) is 46.3. The summed E-state index contributed by atoms with van der Waals surface area (Å²) in [6.45, 7) is 4.91. The molecule has 0 unspecified atom stereocenters. The Balaban J connectivity index is 0.662. The van der Waals surface area contributed by atoms with Crippen molar-refractivity contribution in [1.82, 2.24) is 109 Å². The molecule has 0 radical (unpaired) electrons. The lowest BCUT2D eigenvalue weighted by atomic mass is 9.90. The van der Waals surface area contributed by atoms with Crippen molar-refractivity contribution in [2.45, 2.75) is 176 Å². The van der Waals surface area contributed by atoms with E-state index in [1.807, 2.05) is 49.5 Å². The van der Waals surface area contributed by atoms with E-state index in [2.05, 4.69) is 72.7 Å². The predicted octanol–water partition coefficient (Wildman–Crippen LogP) is 1.10. The topological polar surface area (TPSA) is 380 Å². The van der Waals surface area contributed by atoms with Gasteiger partial charge in [-0.05, 0) is 74.6 Å². The lowest BCUT2D eigenvalue weighted by molar-refractivity contribution is 0.00473. The normalized spacial score (nSPS) is 26.6. The van der Waals surface area contributed by atoms with Gasteiger partial charge in [-0.15, -0.1) is 20.4 Å². The summed E-state index contributed by atoms with van der Waals surface area (Å²) >= 11 is 0. The molecule has 0 aromatic carbocycles. The van der Waals surface area contributed by atoms with Crippen LogP contribution in [0.4, 0.5) is 28.3 Å². The molecule has 0 bridgehead atoms. The van der Waals surface area contributed by atoms with Crippen LogP contribution >= 0.6 is 0 Å². The SMILES string of the molecule is CCc1nnn([C@H]2C[C@@H](n3cnc4c(NC5CCC(NC(=O)NC6CCC(Nc7nc(NCCc8cn(C)cn8)nc8c7ncn8[C@@H]7C[C@H](n8nnc(CC)n8)[C@@H](O)[C@H]7O)CC6)CC5)nc(NCCc5cn(C)cn5)nc43)[C@H](O)[C@@H]2O)n1. The van der Waals surface area contributed by atoms with E-state index in [-0.39, 0.29) is 30.2 Å². The van der Waals surface area contributed by atoms with Crippen LogP contribution < -0.4 is 31.9 Å². The van der Waals surface area contributed by atoms with Gasteiger partial charge in [0, 0.05) is 89.4 Å². The van der Waals surface area contributed by atoms with Crippen LogP contribution in [0.1, 0.15) is 125 Å². The fraction of sp³-hybridized carbons (Fsp3) is 0.627. The number of nitrogens with one attached hydrogen (secondary N) is 6. The highest BCUT2D eigenvalue weighted by molar-refractivity contribution is 5.85. The van der Waals surface area contributed by atoms with Gasteiger partial charge in [-0.25, -0.2) is 24.7 Å². The van der Waals surface area contributed by atoms with E-state index in [1.54, 1.807) is 34.4 Å². The zero-order chi connectivity index (χ0) is 56.6. The molecule has 31 heteroatoms. The van der Waals surface area contributed by atoms with Crippen LogP contribution in [-0.2, 0) is 39.8 Å². The first-order chi connectivity index (χ1) is 39.8. The number of anilines is 4. The molecule has 82 heavy (non-hydrogen) atoms. The van der Waals surface area contributed by atoms with Crippen LogP contribution in [0.5, 0.6) is 0 Å². The summed E-state index contributed by atoms with van der Waals surface area (Å²) in [4.78, 5) is 54.4. The van der Waals surface area contributed by atoms with Gasteiger partial charge in [-0.1, -0.05) is 13.8 Å². The molecule has 0 aliphatic heterocycles. The lowest BCUT2D eigenvalue weighted by Gasteiger charge is -2.32. The molecule has 4 aliphatic carbocycles. The Hall–Kier alpha value is -8.03. The number of hydrogen-bond acceptors (Lipinski definition) is 23. The van der Waals surface area contributed by atoms with Crippen molar-refractivity contribution in [2.75, 3.05) is 34.4 Å². The Morgan fingerprint density at radius 2 is 0.939 bits per heavy atom. The van der Waals surface area contributed by atoms with Gasteiger partial charge in [0.15, 0.2) is 45.6 Å². The molecule has 12 rings (SSSR count). The number of rotatable bonds is 20. The van der Waals surface area contributed by atoms with Gasteiger partial charge in [0.25, 0.3) is 0 Å². The number of aryl methyl sites for hydroxylation is 4. The first-order valence-electron chi connectivity index (χ1n) is 28.6. The Kier molecular flexibility index (Phi) is 15.6. The first-order valence-corrected chi connectivity index (χ1v) is 28.6. The maximum absolute atomic E-state index is 13.6. The second kappa shape index (κ2) is 23.4. The number of aliphatic hydroxyl groups is 4. The Labute approximate surface area is 470 Å². The molecule has 8 aromatic rings. The third-order valence-corrected chi connectivity index (χ3v) is 16.6. The highest BCUT2D eigenvalue weighted by Crippen LogP contribution is 2.42. The molecule has 4 aliphatic rings. The van der Waals surface area contributed by atoms with E-state index >= 15 is 0 Å². The summed E-state index contributed by atoms with van der Waals surface area (Å²) in [5, 5.41) is 91.1. The maximum atomic E-state index is 13.6. The van der Waals surface area contributed by atoms with Gasteiger partial charge in [0.1, 0.15) is 36.5 Å². The van der Waals surface area contributed by atoms with Crippen molar-refractivity contribution in [3.8, 4) is 0 Å². The van der Waals surface area contributed by atoms with E-state index in [0.29, 0.717) is 109 Å². The van der Waals surface area contributed by atoms with E-state index < -0.39 is 48.6 Å². The lowest BCUT2D eigenvalue weighted by Crippen LogP contribution is -2.49. The number of carbonyl (C=O) groups is 1. The van der Waals surface area contributed by atoms with Crippen LogP contribution in [0.15, 0.2) is 37.7 Å². The highest BCUT2D eigenvalue weighted by atomic mass is 16.3. The molecular weight excluding hydrogens is 1060 g/mol. The summed E-state index contributed by atoms with van der Waals surface area (Å²) in [6, 6.07) is -2.47. The van der Waals surface area contributed by atoms with E-state index in [9.17, 15) is 25.2 Å². The summed E-state index contributed by atoms with van der Waals surface area (Å²) in [5.74, 6) is 2.99. The maximum Gasteiger partial charge on any atom is 0.315 e. The number of carbonyl (C=O) groups excluding carboxylic acids is 1. The average molecular weight is 1130 g/mol. The molecule has 8 atom stereocenters. The minimum atomic E-state index is -1.14. The minimum absolute atomic E-state index is 0.0139. The van der Waals surface area contributed by atoms with Gasteiger partial charge in [0.2, 0.25) is 11.9 Å². The number of nitrogens with zero attached hydrogens (tertiary/aromatic N) is 20. The number of aromatic nitrogens is 20. The molecule has 2 amide bonds. The fourth-order valence-electron chi connectivity index (χ4n) is 12.1. The van der Waals surface area contributed by atoms with Crippen LogP contribution in [0.2, 0.25) is 0 Å². The number of amides is 2. The summed E-state index contributed by atoms with van der Waals surface area (Å²) in [5.41, 5.74) is 3.94. The molecular formula is C51H72N26O5. The predicted molar refractivity (Wildman–Crippen MR) is 296 cm³/mol. The summed E-state index contributed by atoms with van der Waals surface area (Å²) < 4.78 is 7.42. The van der Waals surface area contributed by atoms with Crippen molar-refractivity contribution in [3.63, 3.8) is 0 Å². The van der Waals surface area contributed by atoms with Crippen LogP contribution in [0, 0.1) is 0 Å². The molecule has 436 valence electrons. The Morgan fingerprint density at radius 1 is 0.537 bits per heavy atom. The second-order valence-corrected chi connectivity index (χ2v) is 22.3. The van der Waals surface area contributed by atoms with Crippen LogP contribution in [-0.4, -0.2) is 187 Å². The Bertz CT molecular complexity index is 3240. The third-order valence-electron chi connectivity index (χ3n) is 16.6. The largest absolute Gasteiger partial charge is 0.388 e. The van der Waals surface area contributed by atoms with Gasteiger partial charge in [-0.3, -0.25) is 0 Å². The van der Waals surface area contributed by atoms with Crippen LogP contribution in [0.25, 0.3) is 22.3 Å². The number of imidazole rings is 4.